The summed E-state index contributed by atoms with van der Waals surface area (Å²) in [6.07, 6.45) is 2.12. The fourth-order valence-electron chi connectivity index (χ4n) is 1.40. The fraction of sp³-hybridized carbons (Fsp3) is 0.333. The maximum atomic E-state index is 5.01. The molecule has 0 saturated heterocycles. The molecular formula is C12H18OSi. The van der Waals surface area contributed by atoms with E-state index in [1.165, 1.54) is 5.19 Å². The van der Waals surface area contributed by atoms with E-state index in [9.17, 15) is 0 Å². The smallest absolute Gasteiger partial charge is 0.103 e. The largest absolute Gasteiger partial charge is 0.381 e. The SMILES string of the molecule is COC/C=C/[Si](C)(C)c1ccccc1. The van der Waals surface area contributed by atoms with Crippen molar-refractivity contribution < 1.29 is 4.74 Å². The molecule has 0 atom stereocenters. The average molecular weight is 206 g/mol. The maximum absolute atomic E-state index is 5.01. The van der Waals surface area contributed by atoms with Gasteiger partial charge in [-0.05, 0) is 0 Å². The van der Waals surface area contributed by atoms with Crippen molar-refractivity contribution in [2.75, 3.05) is 13.7 Å². The quantitative estimate of drug-likeness (QED) is 0.687. The lowest BCUT2D eigenvalue weighted by Crippen LogP contribution is -2.39. The molecule has 76 valence electrons. The highest BCUT2D eigenvalue weighted by molar-refractivity contribution is 6.93. The van der Waals surface area contributed by atoms with Crippen LogP contribution in [0.5, 0.6) is 0 Å². The second kappa shape index (κ2) is 5.13. The van der Waals surface area contributed by atoms with Gasteiger partial charge in [-0.2, -0.15) is 0 Å². The van der Waals surface area contributed by atoms with Crippen molar-refractivity contribution in [1.82, 2.24) is 0 Å². The Labute approximate surface area is 87.4 Å². The van der Waals surface area contributed by atoms with Crippen LogP contribution in [0, 0.1) is 0 Å². The van der Waals surface area contributed by atoms with Gasteiger partial charge in [-0.15, -0.1) is 0 Å². The molecule has 14 heavy (non-hydrogen) atoms. The van der Waals surface area contributed by atoms with Crippen LogP contribution in [0.25, 0.3) is 0 Å². The molecule has 0 spiro atoms. The maximum Gasteiger partial charge on any atom is 0.103 e. The van der Waals surface area contributed by atoms with Crippen molar-refractivity contribution in [1.29, 1.82) is 0 Å². The summed E-state index contributed by atoms with van der Waals surface area (Å²) in [5.74, 6) is 0. The van der Waals surface area contributed by atoms with Crippen molar-refractivity contribution in [3.8, 4) is 0 Å². The highest BCUT2D eigenvalue weighted by atomic mass is 28.3. The Morgan fingerprint density at radius 3 is 2.43 bits per heavy atom. The fourth-order valence-corrected chi connectivity index (χ4v) is 3.33. The van der Waals surface area contributed by atoms with Crippen LogP contribution < -0.4 is 5.19 Å². The first-order chi connectivity index (χ1) is 6.67. The number of hydrogen-bond acceptors (Lipinski definition) is 1. The molecule has 0 aromatic heterocycles. The third-order valence-corrected chi connectivity index (χ3v) is 5.21. The Kier molecular flexibility index (Phi) is 4.11. The summed E-state index contributed by atoms with van der Waals surface area (Å²) >= 11 is 0. The van der Waals surface area contributed by atoms with Gasteiger partial charge in [0.2, 0.25) is 0 Å². The lowest BCUT2D eigenvalue weighted by molar-refractivity contribution is 0.234. The second-order valence-electron chi connectivity index (χ2n) is 3.95. The summed E-state index contributed by atoms with van der Waals surface area (Å²) in [4.78, 5) is 0. The molecule has 0 heterocycles. The molecule has 1 aromatic rings. The minimum absolute atomic E-state index is 0.712. The molecule has 1 nitrogen and oxygen atoms in total. The van der Waals surface area contributed by atoms with Gasteiger partial charge in [-0.25, -0.2) is 0 Å². The van der Waals surface area contributed by atoms with Gasteiger partial charge in [0.25, 0.3) is 0 Å². The van der Waals surface area contributed by atoms with E-state index in [1.54, 1.807) is 7.11 Å². The lowest BCUT2D eigenvalue weighted by atomic mass is 10.4. The van der Waals surface area contributed by atoms with Crippen LogP contribution in [0.15, 0.2) is 42.1 Å². The first kappa shape index (κ1) is 11.2. The van der Waals surface area contributed by atoms with Crippen LogP contribution in [0.2, 0.25) is 13.1 Å². The number of hydrogen-bond donors (Lipinski definition) is 0. The van der Waals surface area contributed by atoms with Gasteiger partial charge in [-0.3, -0.25) is 0 Å². The molecule has 0 aliphatic rings. The Morgan fingerprint density at radius 2 is 1.86 bits per heavy atom. The van der Waals surface area contributed by atoms with Crippen LogP contribution in [0.3, 0.4) is 0 Å². The Hall–Kier alpha value is -0.863. The van der Waals surface area contributed by atoms with E-state index in [2.05, 4.69) is 55.2 Å². The summed E-state index contributed by atoms with van der Waals surface area (Å²) in [6.45, 7) is 5.40. The van der Waals surface area contributed by atoms with E-state index in [-0.39, 0.29) is 0 Å². The van der Waals surface area contributed by atoms with Gasteiger partial charge in [0.15, 0.2) is 0 Å². The lowest BCUT2D eigenvalue weighted by Gasteiger charge is -2.17. The molecule has 1 aromatic carbocycles. The minimum atomic E-state index is -1.38. The number of benzene rings is 1. The second-order valence-corrected chi connectivity index (χ2v) is 8.30. The zero-order chi connectivity index (χ0) is 10.4. The molecule has 0 saturated carbocycles. The van der Waals surface area contributed by atoms with E-state index in [0.717, 1.165) is 0 Å². The van der Waals surface area contributed by atoms with E-state index in [4.69, 9.17) is 4.74 Å². The van der Waals surface area contributed by atoms with Crippen LogP contribution in [0.1, 0.15) is 0 Å². The van der Waals surface area contributed by atoms with Crippen molar-refractivity contribution >= 4 is 13.3 Å². The van der Waals surface area contributed by atoms with Crippen LogP contribution >= 0.6 is 0 Å². The highest BCUT2D eigenvalue weighted by Crippen LogP contribution is 2.04. The summed E-state index contributed by atoms with van der Waals surface area (Å²) < 4.78 is 5.01. The van der Waals surface area contributed by atoms with Crippen molar-refractivity contribution in [3.05, 3.63) is 42.1 Å². The normalized spacial score (nSPS) is 12.2. The Balaban J connectivity index is 2.75. The van der Waals surface area contributed by atoms with Crippen LogP contribution in [-0.4, -0.2) is 21.8 Å². The van der Waals surface area contributed by atoms with Crippen LogP contribution in [-0.2, 0) is 4.74 Å². The predicted molar refractivity (Wildman–Crippen MR) is 64.6 cm³/mol. The monoisotopic (exact) mass is 206 g/mol. The summed E-state index contributed by atoms with van der Waals surface area (Å²) in [5.41, 5.74) is 2.33. The molecule has 0 N–H and O–H groups in total. The van der Waals surface area contributed by atoms with Gasteiger partial charge in [-0.1, -0.05) is 60.4 Å². The molecule has 0 aliphatic heterocycles. The minimum Gasteiger partial charge on any atom is -0.381 e. The summed E-state index contributed by atoms with van der Waals surface area (Å²) in [5, 5.41) is 1.47. The van der Waals surface area contributed by atoms with Gasteiger partial charge < -0.3 is 4.74 Å². The average Bonchev–Trinajstić information content (AvgIpc) is 2.19. The first-order valence-corrected chi connectivity index (χ1v) is 7.97. The summed E-state index contributed by atoms with van der Waals surface area (Å²) in [6, 6.07) is 10.7. The van der Waals surface area contributed by atoms with Crippen molar-refractivity contribution in [2.24, 2.45) is 0 Å². The molecular weight excluding hydrogens is 188 g/mol. The van der Waals surface area contributed by atoms with Gasteiger partial charge in [0.1, 0.15) is 8.07 Å². The van der Waals surface area contributed by atoms with E-state index in [1.807, 2.05) is 0 Å². The molecule has 0 unspecified atom stereocenters. The Morgan fingerprint density at radius 1 is 1.21 bits per heavy atom. The van der Waals surface area contributed by atoms with Crippen molar-refractivity contribution in [2.45, 2.75) is 13.1 Å². The van der Waals surface area contributed by atoms with Crippen LogP contribution in [0.4, 0.5) is 0 Å². The number of ether oxygens (including phenoxy) is 1. The molecule has 0 amide bonds. The standard InChI is InChI=1S/C12H18OSi/c1-13-10-7-11-14(2,3)12-8-5-4-6-9-12/h4-9,11H,10H2,1-3H3/b11-7+. The number of rotatable bonds is 4. The van der Waals surface area contributed by atoms with E-state index in [0.29, 0.717) is 6.61 Å². The molecule has 0 fully saturated rings. The first-order valence-electron chi connectivity index (χ1n) is 4.89. The zero-order valence-corrected chi connectivity index (χ0v) is 10.2. The van der Waals surface area contributed by atoms with E-state index >= 15 is 0 Å². The zero-order valence-electron chi connectivity index (χ0n) is 9.16. The summed E-state index contributed by atoms with van der Waals surface area (Å²) in [7, 11) is 0.346. The molecule has 0 radical (unpaired) electrons. The third-order valence-electron chi connectivity index (χ3n) is 2.32. The topological polar surface area (TPSA) is 9.23 Å². The van der Waals surface area contributed by atoms with Crippen molar-refractivity contribution in [3.63, 3.8) is 0 Å². The van der Waals surface area contributed by atoms with Gasteiger partial charge >= 0.3 is 0 Å². The predicted octanol–water partition coefficient (Wildman–Crippen LogP) is 2.34. The molecule has 0 aliphatic carbocycles. The van der Waals surface area contributed by atoms with Gasteiger partial charge in [0.05, 0.1) is 6.61 Å². The molecule has 1 rings (SSSR count). The molecule has 0 bridgehead atoms. The number of methoxy groups -OCH3 is 1. The molecule has 2 heteroatoms. The third kappa shape index (κ3) is 3.12. The van der Waals surface area contributed by atoms with Gasteiger partial charge in [0, 0.05) is 7.11 Å². The Bertz CT molecular complexity index is 290. The van der Waals surface area contributed by atoms with E-state index < -0.39 is 8.07 Å². The highest BCUT2D eigenvalue weighted by Gasteiger charge is 2.18.